The number of hydrogen-bond donors (Lipinski definition) is 1. The Hall–Kier alpha value is -3.02. The van der Waals surface area contributed by atoms with Crippen LogP contribution in [0.5, 0.6) is 11.5 Å². The molecular weight excluding hydrogens is 392 g/mol. The summed E-state index contributed by atoms with van der Waals surface area (Å²) in [5.74, 6) is 1.19. The Kier molecular flexibility index (Phi) is 8.33. The van der Waals surface area contributed by atoms with Crippen LogP contribution in [0.3, 0.4) is 0 Å². The minimum absolute atomic E-state index is 0.0495. The molecule has 0 aromatic heterocycles. The van der Waals surface area contributed by atoms with Crippen LogP contribution in [-0.2, 0) is 22.4 Å². The molecule has 6 nitrogen and oxygen atoms in total. The second-order valence-corrected chi connectivity index (χ2v) is 7.66. The van der Waals surface area contributed by atoms with E-state index in [2.05, 4.69) is 17.4 Å². The lowest BCUT2D eigenvalue weighted by molar-refractivity contribution is -0.129. The number of rotatable bonds is 11. The molecule has 31 heavy (non-hydrogen) atoms. The Morgan fingerprint density at radius 3 is 2.48 bits per heavy atom. The van der Waals surface area contributed by atoms with Crippen molar-refractivity contribution in [3.05, 3.63) is 59.7 Å². The molecule has 1 aliphatic rings. The number of carbonyl (C=O) groups is 2. The van der Waals surface area contributed by atoms with Gasteiger partial charge in [-0.05, 0) is 49.9 Å². The molecule has 0 bridgehead atoms. The molecule has 1 aliphatic heterocycles. The van der Waals surface area contributed by atoms with Crippen LogP contribution >= 0.6 is 0 Å². The first-order chi connectivity index (χ1) is 15.1. The van der Waals surface area contributed by atoms with Crippen molar-refractivity contribution in [1.29, 1.82) is 0 Å². The Morgan fingerprint density at radius 1 is 1.00 bits per heavy atom. The zero-order chi connectivity index (χ0) is 22.1. The van der Waals surface area contributed by atoms with Crippen LogP contribution in [0.25, 0.3) is 0 Å². The van der Waals surface area contributed by atoms with Crippen molar-refractivity contribution in [3.63, 3.8) is 0 Å². The number of likely N-dealkylation sites (tertiary alicyclic amines) is 1. The van der Waals surface area contributed by atoms with Gasteiger partial charge in [0, 0.05) is 26.1 Å². The molecule has 6 heteroatoms. The second kappa shape index (κ2) is 11.4. The van der Waals surface area contributed by atoms with E-state index in [1.807, 2.05) is 50.2 Å². The van der Waals surface area contributed by atoms with Gasteiger partial charge in [0.15, 0.2) is 11.5 Å². The lowest BCUT2D eigenvalue weighted by atomic mass is 10.1. The van der Waals surface area contributed by atoms with Gasteiger partial charge in [0.25, 0.3) is 0 Å². The van der Waals surface area contributed by atoms with Gasteiger partial charge in [-0.15, -0.1) is 0 Å². The minimum Gasteiger partial charge on any atom is -0.490 e. The number of nitrogens with zero attached hydrogens (tertiary/aromatic N) is 1. The maximum absolute atomic E-state index is 12.6. The smallest absolute Gasteiger partial charge is 0.225 e. The summed E-state index contributed by atoms with van der Waals surface area (Å²) in [6.45, 7) is 6.69. The highest BCUT2D eigenvalue weighted by Gasteiger charge is 2.33. The molecule has 1 atom stereocenters. The third-order valence-corrected chi connectivity index (χ3v) is 5.42. The van der Waals surface area contributed by atoms with E-state index in [0.29, 0.717) is 39.3 Å². The molecule has 0 saturated carbocycles. The summed E-state index contributed by atoms with van der Waals surface area (Å²) in [6.07, 6.45) is 1.79. The Morgan fingerprint density at radius 2 is 1.74 bits per heavy atom. The summed E-state index contributed by atoms with van der Waals surface area (Å²) in [6, 6.07) is 16.0. The average molecular weight is 425 g/mol. The van der Waals surface area contributed by atoms with E-state index in [0.717, 1.165) is 23.5 Å². The third kappa shape index (κ3) is 6.48. The van der Waals surface area contributed by atoms with Gasteiger partial charge in [-0.3, -0.25) is 9.59 Å². The average Bonchev–Trinajstić information content (AvgIpc) is 3.15. The molecule has 1 heterocycles. The molecule has 0 unspecified atom stereocenters. The normalized spacial score (nSPS) is 15.7. The SMILES string of the molecule is CCOc1ccc(CCNC(=O)[C@@H]2CC(=O)N(CCc3ccccc3)C2)cc1OCC. The predicted octanol–water partition coefficient (Wildman–Crippen LogP) is 3.23. The number of hydrogen-bond acceptors (Lipinski definition) is 4. The quantitative estimate of drug-likeness (QED) is 0.601. The third-order valence-electron chi connectivity index (χ3n) is 5.42. The van der Waals surface area contributed by atoms with Gasteiger partial charge < -0.3 is 19.7 Å². The number of amides is 2. The fourth-order valence-corrected chi connectivity index (χ4v) is 3.80. The highest BCUT2D eigenvalue weighted by molar-refractivity contribution is 5.89. The van der Waals surface area contributed by atoms with Crippen molar-refractivity contribution in [3.8, 4) is 11.5 Å². The number of ether oxygens (including phenoxy) is 2. The zero-order valence-electron chi connectivity index (χ0n) is 18.4. The molecule has 2 aromatic rings. The van der Waals surface area contributed by atoms with Gasteiger partial charge in [0.05, 0.1) is 19.1 Å². The number of carbonyl (C=O) groups excluding carboxylic acids is 2. The van der Waals surface area contributed by atoms with Crippen LogP contribution in [0.1, 0.15) is 31.4 Å². The second-order valence-electron chi connectivity index (χ2n) is 7.66. The van der Waals surface area contributed by atoms with Crippen LogP contribution < -0.4 is 14.8 Å². The van der Waals surface area contributed by atoms with E-state index in [1.54, 1.807) is 4.90 Å². The van der Waals surface area contributed by atoms with Crippen LogP contribution in [0.4, 0.5) is 0 Å². The predicted molar refractivity (Wildman–Crippen MR) is 120 cm³/mol. The summed E-state index contributed by atoms with van der Waals surface area (Å²) >= 11 is 0. The first-order valence-corrected chi connectivity index (χ1v) is 11.1. The van der Waals surface area contributed by atoms with Crippen molar-refractivity contribution in [2.24, 2.45) is 5.92 Å². The number of nitrogens with one attached hydrogen (secondary N) is 1. The van der Waals surface area contributed by atoms with E-state index >= 15 is 0 Å². The highest BCUT2D eigenvalue weighted by atomic mass is 16.5. The molecule has 0 spiro atoms. The van der Waals surface area contributed by atoms with Gasteiger partial charge in [0.1, 0.15) is 0 Å². The lowest BCUT2D eigenvalue weighted by Gasteiger charge is -2.16. The molecule has 0 aliphatic carbocycles. The molecule has 1 fully saturated rings. The van der Waals surface area contributed by atoms with Crippen LogP contribution in [-0.4, -0.2) is 49.6 Å². The molecule has 2 amide bonds. The molecule has 2 aromatic carbocycles. The van der Waals surface area contributed by atoms with E-state index in [1.165, 1.54) is 5.56 Å². The molecule has 0 radical (unpaired) electrons. The molecular formula is C25H32N2O4. The Labute approximate surface area is 184 Å². The van der Waals surface area contributed by atoms with Crippen LogP contribution in [0, 0.1) is 5.92 Å². The molecule has 1 N–H and O–H groups in total. The van der Waals surface area contributed by atoms with Crippen LogP contribution in [0.2, 0.25) is 0 Å². The minimum atomic E-state index is -0.275. The Bertz CT molecular complexity index is 869. The maximum Gasteiger partial charge on any atom is 0.225 e. The van der Waals surface area contributed by atoms with Gasteiger partial charge in [0.2, 0.25) is 11.8 Å². The fraction of sp³-hybridized carbons (Fsp3) is 0.440. The van der Waals surface area contributed by atoms with Crippen molar-refractivity contribution in [1.82, 2.24) is 10.2 Å². The molecule has 166 valence electrons. The molecule has 1 saturated heterocycles. The summed E-state index contributed by atoms with van der Waals surface area (Å²) in [5.41, 5.74) is 2.27. The monoisotopic (exact) mass is 424 g/mol. The van der Waals surface area contributed by atoms with Crippen LogP contribution in [0.15, 0.2) is 48.5 Å². The molecule has 3 rings (SSSR count). The first kappa shape index (κ1) is 22.7. The summed E-state index contributed by atoms with van der Waals surface area (Å²) in [5, 5.41) is 2.99. The topological polar surface area (TPSA) is 67.9 Å². The van der Waals surface area contributed by atoms with Crippen molar-refractivity contribution in [2.75, 3.05) is 32.8 Å². The van der Waals surface area contributed by atoms with Gasteiger partial charge in [-0.1, -0.05) is 36.4 Å². The summed E-state index contributed by atoms with van der Waals surface area (Å²) in [7, 11) is 0. The Balaban J connectivity index is 1.45. The first-order valence-electron chi connectivity index (χ1n) is 11.1. The van der Waals surface area contributed by atoms with Crippen molar-refractivity contribution >= 4 is 11.8 Å². The number of benzene rings is 2. The van der Waals surface area contributed by atoms with Gasteiger partial charge in [-0.25, -0.2) is 0 Å². The van der Waals surface area contributed by atoms with Gasteiger partial charge in [-0.2, -0.15) is 0 Å². The van der Waals surface area contributed by atoms with Gasteiger partial charge >= 0.3 is 0 Å². The highest BCUT2D eigenvalue weighted by Crippen LogP contribution is 2.28. The standard InChI is InChI=1S/C25H32N2O4/c1-3-30-22-11-10-20(16-23(22)31-4-2)12-14-26-25(29)21-17-24(28)27(18-21)15-13-19-8-6-5-7-9-19/h5-11,16,21H,3-4,12-15,17-18H2,1-2H3,(H,26,29)/t21-/m1/s1. The van der Waals surface area contributed by atoms with Crippen molar-refractivity contribution in [2.45, 2.75) is 33.1 Å². The summed E-state index contributed by atoms with van der Waals surface area (Å²) in [4.78, 5) is 26.7. The largest absolute Gasteiger partial charge is 0.490 e. The van der Waals surface area contributed by atoms with E-state index < -0.39 is 0 Å². The maximum atomic E-state index is 12.6. The summed E-state index contributed by atoms with van der Waals surface area (Å²) < 4.78 is 11.3. The van der Waals surface area contributed by atoms with E-state index in [-0.39, 0.29) is 24.2 Å². The fourth-order valence-electron chi connectivity index (χ4n) is 3.80. The zero-order valence-corrected chi connectivity index (χ0v) is 18.4. The van der Waals surface area contributed by atoms with Crippen molar-refractivity contribution < 1.29 is 19.1 Å². The van der Waals surface area contributed by atoms with E-state index in [9.17, 15) is 9.59 Å². The van der Waals surface area contributed by atoms with E-state index in [4.69, 9.17) is 9.47 Å². The lowest BCUT2D eigenvalue weighted by Crippen LogP contribution is -2.34.